The van der Waals surface area contributed by atoms with Crippen molar-refractivity contribution in [1.29, 1.82) is 0 Å². The fraction of sp³-hybridized carbons (Fsp3) is 0.182. The standard InChI is InChI=1S/C22H20ClN7O2/c1-3-21-27-28-29-30(21)18-10-16(15-4-6-17(23)7-5-15)11-19(12-18)32-22(31)26-14(2)20-13-24-8-9-25-20/h4-14H,3H2,1-2H3,(H,26,31). The average molecular weight is 450 g/mol. The third-order valence-electron chi connectivity index (χ3n) is 4.74. The fourth-order valence-corrected chi connectivity index (χ4v) is 3.25. The summed E-state index contributed by atoms with van der Waals surface area (Å²) in [4.78, 5) is 20.8. The van der Waals surface area contributed by atoms with Gasteiger partial charge in [-0.1, -0.05) is 30.7 Å². The quantitative estimate of drug-likeness (QED) is 0.470. The van der Waals surface area contributed by atoms with Crippen LogP contribution in [-0.4, -0.2) is 36.3 Å². The van der Waals surface area contributed by atoms with Crippen molar-refractivity contribution in [3.05, 3.63) is 77.6 Å². The number of carbonyl (C=O) groups excluding carboxylic acids is 1. The minimum atomic E-state index is -0.616. The second-order valence-corrected chi connectivity index (χ2v) is 7.41. The summed E-state index contributed by atoms with van der Waals surface area (Å²) in [5.74, 6) is 1.03. The Morgan fingerprint density at radius 2 is 1.97 bits per heavy atom. The highest BCUT2D eigenvalue weighted by Crippen LogP contribution is 2.29. The van der Waals surface area contributed by atoms with E-state index in [0.29, 0.717) is 34.4 Å². The Labute approximate surface area is 189 Å². The maximum absolute atomic E-state index is 12.6. The Bertz CT molecular complexity index is 1210. The van der Waals surface area contributed by atoms with Gasteiger partial charge in [0.05, 0.1) is 23.6 Å². The molecule has 0 fully saturated rings. The molecule has 2 aromatic carbocycles. The number of benzene rings is 2. The van der Waals surface area contributed by atoms with Gasteiger partial charge in [-0.05, 0) is 52.7 Å². The number of ether oxygens (including phenoxy) is 1. The van der Waals surface area contributed by atoms with Crippen LogP contribution in [0.3, 0.4) is 0 Å². The van der Waals surface area contributed by atoms with E-state index in [0.717, 1.165) is 11.1 Å². The Morgan fingerprint density at radius 1 is 1.16 bits per heavy atom. The number of nitrogens with zero attached hydrogens (tertiary/aromatic N) is 6. The van der Waals surface area contributed by atoms with Gasteiger partial charge in [-0.2, -0.15) is 4.68 Å². The Hall–Kier alpha value is -3.85. The summed E-state index contributed by atoms with van der Waals surface area (Å²) in [5.41, 5.74) is 3.02. The number of halogens is 1. The highest BCUT2D eigenvalue weighted by Gasteiger charge is 2.15. The second-order valence-electron chi connectivity index (χ2n) is 6.97. The molecular formula is C22H20ClN7O2. The second kappa shape index (κ2) is 9.52. The van der Waals surface area contributed by atoms with Gasteiger partial charge < -0.3 is 10.1 Å². The van der Waals surface area contributed by atoms with E-state index in [4.69, 9.17) is 16.3 Å². The topological polar surface area (TPSA) is 108 Å². The molecule has 0 spiro atoms. The lowest BCUT2D eigenvalue weighted by molar-refractivity contribution is 0.196. The van der Waals surface area contributed by atoms with Gasteiger partial charge in [0.25, 0.3) is 0 Å². The smallest absolute Gasteiger partial charge is 0.410 e. The van der Waals surface area contributed by atoms with Gasteiger partial charge in [0.15, 0.2) is 5.82 Å². The number of rotatable bonds is 6. The summed E-state index contributed by atoms with van der Waals surface area (Å²) in [5, 5.41) is 15.3. The predicted octanol–water partition coefficient (Wildman–Crippen LogP) is 4.18. The molecule has 0 bridgehead atoms. The van der Waals surface area contributed by atoms with Gasteiger partial charge in [-0.25, -0.2) is 4.79 Å². The third-order valence-corrected chi connectivity index (χ3v) is 4.99. The monoisotopic (exact) mass is 449 g/mol. The molecule has 0 saturated carbocycles. The first-order valence-corrected chi connectivity index (χ1v) is 10.3. The molecule has 0 aliphatic heterocycles. The Balaban J connectivity index is 1.64. The minimum Gasteiger partial charge on any atom is -0.410 e. The van der Waals surface area contributed by atoms with Crippen LogP contribution in [0.15, 0.2) is 61.1 Å². The summed E-state index contributed by atoms with van der Waals surface area (Å²) < 4.78 is 7.22. The largest absolute Gasteiger partial charge is 0.413 e. The molecule has 1 atom stereocenters. The van der Waals surface area contributed by atoms with E-state index in [1.807, 2.05) is 25.1 Å². The molecule has 0 radical (unpaired) electrons. The van der Waals surface area contributed by atoms with Gasteiger partial charge in [-0.3, -0.25) is 9.97 Å². The molecule has 2 heterocycles. The Morgan fingerprint density at radius 3 is 2.69 bits per heavy atom. The number of nitrogens with one attached hydrogen (secondary N) is 1. The summed E-state index contributed by atoms with van der Waals surface area (Å²) in [6.07, 6.45) is 4.76. The van der Waals surface area contributed by atoms with Gasteiger partial charge >= 0.3 is 6.09 Å². The fourth-order valence-electron chi connectivity index (χ4n) is 3.12. The number of tetrazole rings is 1. The van der Waals surface area contributed by atoms with Crippen molar-refractivity contribution in [3.63, 3.8) is 0 Å². The first-order valence-electron chi connectivity index (χ1n) is 9.96. The lowest BCUT2D eigenvalue weighted by Gasteiger charge is -2.14. The normalized spacial score (nSPS) is 11.7. The highest BCUT2D eigenvalue weighted by molar-refractivity contribution is 6.30. The molecule has 4 aromatic rings. The van der Waals surface area contributed by atoms with E-state index in [-0.39, 0.29) is 6.04 Å². The summed E-state index contributed by atoms with van der Waals surface area (Å²) in [6, 6.07) is 12.4. The van der Waals surface area contributed by atoms with Gasteiger partial charge in [0, 0.05) is 29.9 Å². The minimum absolute atomic E-state index is 0.342. The van der Waals surface area contributed by atoms with Crippen LogP contribution >= 0.6 is 11.6 Å². The van der Waals surface area contributed by atoms with Crippen LogP contribution in [0.4, 0.5) is 4.79 Å². The van der Waals surface area contributed by atoms with Crippen molar-refractivity contribution in [3.8, 4) is 22.6 Å². The molecule has 0 aliphatic carbocycles. The molecule has 32 heavy (non-hydrogen) atoms. The molecule has 1 unspecified atom stereocenters. The number of aromatic nitrogens is 6. The molecule has 10 heteroatoms. The third kappa shape index (κ3) is 4.89. The number of hydrogen-bond donors (Lipinski definition) is 1. The van der Waals surface area contributed by atoms with E-state index in [9.17, 15) is 4.79 Å². The Kier molecular flexibility index (Phi) is 6.37. The molecular weight excluding hydrogens is 430 g/mol. The zero-order valence-electron chi connectivity index (χ0n) is 17.4. The van der Waals surface area contributed by atoms with Gasteiger partial charge in [0.2, 0.25) is 0 Å². The lowest BCUT2D eigenvalue weighted by Crippen LogP contribution is -2.30. The van der Waals surface area contributed by atoms with E-state index >= 15 is 0 Å². The molecule has 9 nitrogen and oxygen atoms in total. The summed E-state index contributed by atoms with van der Waals surface area (Å²) in [6.45, 7) is 3.76. The molecule has 2 aromatic heterocycles. The number of hydrogen-bond acceptors (Lipinski definition) is 7. The van der Waals surface area contributed by atoms with Crippen LogP contribution in [0.5, 0.6) is 5.75 Å². The van der Waals surface area contributed by atoms with E-state index < -0.39 is 6.09 Å². The van der Waals surface area contributed by atoms with Crippen molar-refractivity contribution < 1.29 is 9.53 Å². The SMILES string of the molecule is CCc1nnnn1-c1cc(OC(=O)NC(C)c2cnccn2)cc(-c2ccc(Cl)cc2)c1. The van der Waals surface area contributed by atoms with Crippen molar-refractivity contribution >= 4 is 17.7 Å². The van der Waals surface area contributed by atoms with Gasteiger partial charge in [-0.15, -0.1) is 5.10 Å². The van der Waals surface area contributed by atoms with E-state index in [1.54, 1.807) is 54.5 Å². The van der Waals surface area contributed by atoms with Crippen LogP contribution in [0.1, 0.15) is 31.4 Å². The van der Waals surface area contributed by atoms with Crippen LogP contribution in [0.2, 0.25) is 5.02 Å². The lowest BCUT2D eigenvalue weighted by atomic mass is 10.0. The van der Waals surface area contributed by atoms with Crippen molar-refractivity contribution in [2.24, 2.45) is 0 Å². The first-order chi connectivity index (χ1) is 15.5. The van der Waals surface area contributed by atoms with Crippen LogP contribution in [0, 0.1) is 0 Å². The van der Waals surface area contributed by atoms with Crippen LogP contribution < -0.4 is 10.1 Å². The highest BCUT2D eigenvalue weighted by atomic mass is 35.5. The van der Waals surface area contributed by atoms with Crippen LogP contribution in [0.25, 0.3) is 16.8 Å². The van der Waals surface area contributed by atoms with E-state index in [2.05, 4.69) is 30.8 Å². The molecule has 162 valence electrons. The molecule has 1 amide bonds. The predicted molar refractivity (Wildman–Crippen MR) is 119 cm³/mol. The molecule has 1 N–H and O–H groups in total. The molecule has 0 aliphatic rings. The number of aryl methyl sites for hydroxylation is 1. The number of carbonyl (C=O) groups is 1. The molecule has 4 rings (SSSR count). The zero-order valence-corrected chi connectivity index (χ0v) is 18.2. The van der Waals surface area contributed by atoms with Crippen molar-refractivity contribution in [2.75, 3.05) is 0 Å². The summed E-state index contributed by atoms with van der Waals surface area (Å²) >= 11 is 6.03. The maximum Gasteiger partial charge on any atom is 0.413 e. The summed E-state index contributed by atoms with van der Waals surface area (Å²) in [7, 11) is 0. The van der Waals surface area contributed by atoms with Gasteiger partial charge in [0.1, 0.15) is 5.75 Å². The maximum atomic E-state index is 12.6. The van der Waals surface area contributed by atoms with E-state index in [1.165, 1.54) is 0 Å². The van der Waals surface area contributed by atoms with Crippen molar-refractivity contribution in [1.82, 2.24) is 35.5 Å². The zero-order chi connectivity index (χ0) is 22.5. The molecule has 0 saturated heterocycles. The first kappa shape index (κ1) is 21.4. The van der Waals surface area contributed by atoms with Crippen molar-refractivity contribution in [2.45, 2.75) is 26.3 Å². The number of amides is 1. The average Bonchev–Trinajstić information content (AvgIpc) is 3.29. The van der Waals surface area contributed by atoms with Crippen LogP contribution in [-0.2, 0) is 6.42 Å².